The van der Waals surface area contributed by atoms with E-state index in [0.29, 0.717) is 5.01 Å². The van der Waals surface area contributed by atoms with Gasteiger partial charge < -0.3 is 19.1 Å². The largest absolute Gasteiger partial charge is 0.497 e. The predicted octanol–water partition coefficient (Wildman–Crippen LogP) is 0.133. The minimum atomic E-state index is -4.04. The monoisotopic (exact) mass is 499 g/mol. The van der Waals surface area contributed by atoms with Gasteiger partial charge in [0.2, 0.25) is 5.50 Å². The van der Waals surface area contributed by atoms with E-state index >= 15 is 0 Å². The van der Waals surface area contributed by atoms with Gasteiger partial charge in [-0.05, 0) is 19.1 Å². The highest BCUT2D eigenvalue weighted by atomic mass is 32.2. The topological polar surface area (TPSA) is 184 Å². The minimum Gasteiger partial charge on any atom is -0.497 e. The van der Waals surface area contributed by atoms with E-state index in [-0.39, 0.29) is 23.7 Å². The van der Waals surface area contributed by atoms with Crippen molar-refractivity contribution in [1.29, 1.82) is 0 Å². The van der Waals surface area contributed by atoms with Gasteiger partial charge in [0, 0.05) is 32.0 Å². The highest BCUT2D eigenvalue weighted by Crippen LogP contribution is 2.30. The van der Waals surface area contributed by atoms with Gasteiger partial charge in [-0.15, -0.1) is 0 Å². The number of rotatable bonds is 9. The molecule has 186 valence electrons. The fraction of sp³-hybridized carbons (Fsp3) is 0.421. The summed E-state index contributed by atoms with van der Waals surface area (Å²) in [5.74, 6) is 3.98. The van der Waals surface area contributed by atoms with E-state index in [0.717, 1.165) is 6.26 Å². The molecule has 2 N–H and O–H groups in total. The maximum absolute atomic E-state index is 12.4. The van der Waals surface area contributed by atoms with E-state index in [2.05, 4.69) is 4.99 Å². The molecular formula is C19H25N5O9S. The second kappa shape index (κ2) is 10.5. The fourth-order valence-corrected chi connectivity index (χ4v) is 3.74. The Morgan fingerprint density at radius 3 is 2.38 bits per heavy atom. The molecule has 0 radical (unpaired) electrons. The van der Waals surface area contributed by atoms with Gasteiger partial charge in [0.25, 0.3) is 11.8 Å². The fourth-order valence-electron chi connectivity index (χ4n) is 2.91. The van der Waals surface area contributed by atoms with Crippen LogP contribution in [0.2, 0.25) is 0 Å². The van der Waals surface area contributed by atoms with Crippen molar-refractivity contribution in [3.8, 4) is 11.5 Å². The maximum Gasteiger partial charge on any atom is 0.352 e. The molecule has 1 heterocycles. The molecule has 1 aromatic carbocycles. The molecule has 0 spiro atoms. The summed E-state index contributed by atoms with van der Waals surface area (Å²) in [6, 6.07) is 4.01. The second-order valence-corrected chi connectivity index (χ2v) is 9.31. The Bertz CT molecular complexity index is 1160. The molecule has 1 aromatic rings. The summed E-state index contributed by atoms with van der Waals surface area (Å²) >= 11 is 0. The highest BCUT2D eigenvalue weighted by Gasteiger charge is 2.43. The molecule has 2 rings (SSSR count). The van der Waals surface area contributed by atoms with Crippen molar-refractivity contribution in [3.63, 3.8) is 0 Å². The number of esters is 1. The van der Waals surface area contributed by atoms with Gasteiger partial charge in [-0.2, -0.15) is 0 Å². The first-order chi connectivity index (χ1) is 15.8. The van der Waals surface area contributed by atoms with Crippen molar-refractivity contribution in [2.75, 3.05) is 34.1 Å². The number of carbonyl (C=O) groups excluding carboxylic acids is 2. The number of hydrazine groups is 1. The number of carbonyl (C=O) groups is 2. The summed E-state index contributed by atoms with van der Waals surface area (Å²) in [6.07, 6.45) is 0.122. The quantitative estimate of drug-likeness (QED) is 0.211. The summed E-state index contributed by atoms with van der Waals surface area (Å²) < 4.78 is 40.2. The van der Waals surface area contributed by atoms with E-state index in [1.165, 1.54) is 51.2 Å². The third-order valence-corrected chi connectivity index (χ3v) is 5.48. The molecule has 1 unspecified atom stereocenters. The predicted molar refractivity (Wildman–Crippen MR) is 119 cm³/mol. The van der Waals surface area contributed by atoms with Crippen LogP contribution in [0.25, 0.3) is 0 Å². The average Bonchev–Trinajstić information content (AvgIpc) is 2.73. The number of amides is 1. The minimum absolute atomic E-state index is 0.00199. The first-order valence-corrected chi connectivity index (χ1v) is 11.7. The number of allylic oxidation sites excluding steroid dienone is 1. The van der Waals surface area contributed by atoms with Gasteiger partial charge in [0.15, 0.2) is 9.84 Å². The van der Waals surface area contributed by atoms with E-state index in [1.807, 2.05) is 0 Å². The van der Waals surface area contributed by atoms with Crippen LogP contribution < -0.4 is 15.3 Å². The third-order valence-electron chi connectivity index (χ3n) is 4.38. The molecule has 1 aliphatic rings. The van der Waals surface area contributed by atoms with Crippen LogP contribution in [0.5, 0.6) is 11.5 Å². The zero-order valence-corrected chi connectivity index (χ0v) is 20.0. The van der Waals surface area contributed by atoms with Crippen molar-refractivity contribution >= 4 is 27.4 Å². The zero-order valence-electron chi connectivity index (χ0n) is 19.2. The van der Waals surface area contributed by atoms with Crippen LogP contribution in [0.15, 0.2) is 34.8 Å². The van der Waals surface area contributed by atoms with Crippen LogP contribution in [0, 0.1) is 10.1 Å². The summed E-state index contributed by atoms with van der Waals surface area (Å²) in [7, 11) is 0.343. The first kappa shape index (κ1) is 26.5. The average molecular weight is 500 g/mol. The Balaban J connectivity index is 2.68. The van der Waals surface area contributed by atoms with Crippen LogP contribution >= 0.6 is 0 Å². The number of nitro groups is 1. The Labute approximate surface area is 195 Å². The van der Waals surface area contributed by atoms with E-state index < -0.39 is 55.8 Å². The maximum atomic E-state index is 12.4. The Morgan fingerprint density at radius 2 is 1.88 bits per heavy atom. The van der Waals surface area contributed by atoms with Crippen molar-refractivity contribution in [3.05, 3.63) is 45.5 Å². The third kappa shape index (κ3) is 5.99. The summed E-state index contributed by atoms with van der Waals surface area (Å²) in [5, 5.41) is 12.4. The number of aliphatic imine (C=N–C) groups is 1. The number of ether oxygens (including phenoxy) is 3. The molecule has 1 atom stereocenters. The lowest BCUT2D eigenvalue weighted by atomic mass is 10.1. The van der Waals surface area contributed by atoms with Crippen LogP contribution in [-0.4, -0.2) is 80.4 Å². The van der Waals surface area contributed by atoms with Crippen molar-refractivity contribution < 1.29 is 37.1 Å². The SMILES string of the molecule is CCOC(=O)CC1=NC(S(C)(=O)=O)N(N)C(Oc2cc(OC)cc(C(=O)N(C)C)c2)=C1[N+](=O)[O-]. The number of hydrogen-bond acceptors (Lipinski definition) is 12. The van der Waals surface area contributed by atoms with Gasteiger partial charge in [-0.25, -0.2) is 24.3 Å². The van der Waals surface area contributed by atoms with Gasteiger partial charge >= 0.3 is 11.7 Å². The van der Waals surface area contributed by atoms with Gasteiger partial charge in [-0.1, -0.05) is 0 Å². The summed E-state index contributed by atoms with van der Waals surface area (Å²) in [4.78, 5) is 40.5. The normalized spacial score (nSPS) is 16.0. The molecule has 1 amide bonds. The molecule has 0 saturated heterocycles. The molecule has 34 heavy (non-hydrogen) atoms. The van der Waals surface area contributed by atoms with Crippen LogP contribution in [0.1, 0.15) is 23.7 Å². The first-order valence-electron chi connectivity index (χ1n) is 9.72. The molecule has 0 aromatic heterocycles. The number of sulfone groups is 1. The van der Waals surface area contributed by atoms with E-state index in [9.17, 15) is 28.1 Å². The molecule has 14 nitrogen and oxygen atoms in total. The molecule has 1 aliphatic heterocycles. The summed E-state index contributed by atoms with van der Waals surface area (Å²) in [6.45, 7) is 1.54. The number of nitrogens with zero attached hydrogens (tertiary/aromatic N) is 4. The van der Waals surface area contributed by atoms with Crippen molar-refractivity contribution in [2.24, 2.45) is 10.8 Å². The van der Waals surface area contributed by atoms with Crippen molar-refractivity contribution in [2.45, 2.75) is 18.8 Å². The lowest BCUT2D eigenvalue weighted by molar-refractivity contribution is -0.419. The lowest BCUT2D eigenvalue weighted by Gasteiger charge is -2.30. The smallest absolute Gasteiger partial charge is 0.352 e. The standard InChI is InChI=1S/C19H25N5O9S/c1-6-32-15(25)10-14-16(24(27)28)18(23(20)19(21-14)34(5,29)30)33-13-8-11(17(26)22(2)3)7-12(9-13)31-4/h7-9,19H,6,10,20H2,1-5H3. The Morgan fingerprint density at radius 1 is 1.26 bits per heavy atom. The van der Waals surface area contributed by atoms with Gasteiger partial charge in [-0.3, -0.25) is 19.7 Å². The van der Waals surface area contributed by atoms with E-state index in [4.69, 9.17) is 20.1 Å². The number of methoxy groups -OCH3 is 1. The van der Waals surface area contributed by atoms with Crippen molar-refractivity contribution in [1.82, 2.24) is 9.91 Å². The summed E-state index contributed by atoms with van der Waals surface area (Å²) in [5.41, 5.74) is -3.02. The lowest BCUT2D eigenvalue weighted by Crippen LogP contribution is -2.50. The number of benzene rings is 1. The van der Waals surface area contributed by atoms with Crippen LogP contribution in [0.4, 0.5) is 0 Å². The Kier molecular flexibility index (Phi) is 8.17. The molecule has 0 aliphatic carbocycles. The number of hydrogen-bond donors (Lipinski definition) is 1. The molecule has 0 saturated carbocycles. The molecular weight excluding hydrogens is 474 g/mol. The van der Waals surface area contributed by atoms with E-state index in [1.54, 1.807) is 0 Å². The van der Waals surface area contributed by atoms with Gasteiger partial charge in [0.05, 0.1) is 25.1 Å². The molecule has 0 fully saturated rings. The molecule has 15 heteroatoms. The van der Waals surface area contributed by atoms with Crippen LogP contribution in [-0.2, 0) is 19.4 Å². The van der Waals surface area contributed by atoms with Gasteiger partial charge in [0.1, 0.15) is 17.2 Å². The second-order valence-electron chi connectivity index (χ2n) is 7.23. The highest BCUT2D eigenvalue weighted by molar-refractivity contribution is 7.91. The van der Waals surface area contributed by atoms with Crippen LogP contribution in [0.3, 0.4) is 0 Å². The Hall–Kier alpha value is -3.72. The zero-order chi connectivity index (χ0) is 25.8. The molecule has 0 bridgehead atoms. The number of nitrogens with two attached hydrogens (primary N) is 1.